The lowest BCUT2D eigenvalue weighted by Crippen LogP contribution is -2.11. The Kier molecular flexibility index (Phi) is 3.69. The Labute approximate surface area is 113 Å². The van der Waals surface area contributed by atoms with Crippen molar-refractivity contribution in [2.75, 3.05) is 7.11 Å². The molecule has 0 radical (unpaired) electrons. The molecule has 0 bridgehead atoms. The van der Waals surface area contributed by atoms with Gasteiger partial charge in [0, 0.05) is 0 Å². The molecule has 0 saturated heterocycles. The fraction of sp³-hybridized carbons (Fsp3) is 0.154. The van der Waals surface area contributed by atoms with Crippen molar-refractivity contribution in [2.45, 2.75) is 6.92 Å². The molecule has 0 atom stereocenters. The molecule has 0 aliphatic carbocycles. The summed E-state index contributed by atoms with van der Waals surface area (Å²) in [5, 5.41) is 8.89. The third-order valence-electron chi connectivity index (χ3n) is 2.61. The van der Waals surface area contributed by atoms with Crippen molar-refractivity contribution < 1.29 is 19.4 Å². The van der Waals surface area contributed by atoms with Gasteiger partial charge in [-0.15, -0.1) is 0 Å². The van der Waals surface area contributed by atoms with E-state index >= 15 is 0 Å². The highest BCUT2D eigenvalue weighted by molar-refractivity contribution is 5.88. The zero-order valence-corrected chi connectivity index (χ0v) is 10.8. The number of carboxylic acid groups (broad SMARTS) is 1. The van der Waals surface area contributed by atoms with Crippen molar-refractivity contribution in [1.82, 2.24) is 9.97 Å². The Morgan fingerprint density at radius 2 is 2.15 bits per heavy atom. The lowest BCUT2D eigenvalue weighted by Gasteiger charge is -2.10. The fourth-order valence-electron chi connectivity index (χ4n) is 1.62. The van der Waals surface area contributed by atoms with Crippen molar-refractivity contribution in [3.8, 4) is 17.4 Å². The number of nitrogens with one attached hydrogen (secondary N) is 1. The van der Waals surface area contributed by atoms with E-state index < -0.39 is 11.5 Å². The number of nitrogens with zero attached hydrogens (tertiary/aromatic N) is 1. The smallest absolute Gasteiger partial charge is 0.335 e. The van der Waals surface area contributed by atoms with Gasteiger partial charge in [-0.3, -0.25) is 4.79 Å². The van der Waals surface area contributed by atoms with E-state index in [0.717, 1.165) is 0 Å². The van der Waals surface area contributed by atoms with Gasteiger partial charge in [0.15, 0.2) is 0 Å². The molecule has 104 valence electrons. The molecule has 1 heterocycles. The lowest BCUT2D eigenvalue weighted by molar-refractivity contribution is 0.0697. The first kappa shape index (κ1) is 13.6. The number of aromatic nitrogens is 2. The first-order chi connectivity index (χ1) is 9.52. The summed E-state index contributed by atoms with van der Waals surface area (Å²) >= 11 is 0. The van der Waals surface area contributed by atoms with Crippen LogP contribution in [0.25, 0.3) is 0 Å². The maximum absolute atomic E-state index is 11.5. The molecule has 0 aliphatic rings. The van der Waals surface area contributed by atoms with E-state index in [1.807, 2.05) is 0 Å². The van der Waals surface area contributed by atoms with Crippen LogP contribution in [0.3, 0.4) is 0 Å². The molecule has 2 N–H and O–H groups in total. The Bertz CT molecular complexity index is 708. The van der Waals surface area contributed by atoms with Crippen LogP contribution in [0, 0.1) is 6.92 Å². The first-order valence-electron chi connectivity index (χ1n) is 5.66. The standard InChI is InChI=1S/C13H12N2O5/c1-7-5-8(13(17)18)3-4-9(7)20-12-10(19-2)11(16)14-6-15-12/h3-6H,1-2H3,(H,17,18)(H,14,15,16). The van der Waals surface area contributed by atoms with E-state index in [0.29, 0.717) is 11.3 Å². The van der Waals surface area contributed by atoms with E-state index in [-0.39, 0.29) is 17.2 Å². The van der Waals surface area contributed by atoms with Gasteiger partial charge >= 0.3 is 5.97 Å². The van der Waals surface area contributed by atoms with Gasteiger partial charge in [0.2, 0.25) is 5.75 Å². The zero-order chi connectivity index (χ0) is 14.7. The molecule has 0 aliphatic heterocycles. The average Bonchev–Trinajstić information content (AvgIpc) is 2.41. The predicted octanol–water partition coefficient (Wildman–Crippen LogP) is 1.58. The quantitative estimate of drug-likeness (QED) is 0.879. The molecule has 7 nitrogen and oxygen atoms in total. The Morgan fingerprint density at radius 1 is 1.40 bits per heavy atom. The third-order valence-corrected chi connectivity index (χ3v) is 2.61. The van der Waals surface area contributed by atoms with E-state index in [1.165, 1.54) is 31.6 Å². The second kappa shape index (κ2) is 5.43. The summed E-state index contributed by atoms with van der Waals surface area (Å²) in [6, 6.07) is 4.38. The minimum absolute atomic E-state index is 0.0161. The second-order valence-corrected chi connectivity index (χ2v) is 3.96. The number of aryl methyl sites for hydroxylation is 1. The molecule has 20 heavy (non-hydrogen) atoms. The highest BCUT2D eigenvalue weighted by Gasteiger charge is 2.13. The molecule has 0 saturated carbocycles. The highest BCUT2D eigenvalue weighted by Crippen LogP contribution is 2.28. The van der Waals surface area contributed by atoms with Gasteiger partial charge in [-0.25, -0.2) is 9.78 Å². The first-order valence-corrected chi connectivity index (χ1v) is 5.66. The van der Waals surface area contributed by atoms with Crippen LogP contribution in [0.2, 0.25) is 0 Å². The third kappa shape index (κ3) is 2.61. The number of carbonyl (C=O) groups is 1. The molecule has 1 aromatic carbocycles. The summed E-state index contributed by atoms with van der Waals surface area (Å²) in [7, 11) is 1.33. The molecule has 0 spiro atoms. The van der Waals surface area contributed by atoms with E-state index in [1.54, 1.807) is 6.92 Å². The van der Waals surface area contributed by atoms with Gasteiger partial charge in [-0.05, 0) is 30.7 Å². The Morgan fingerprint density at radius 3 is 2.75 bits per heavy atom. The van der Waals surface area contributed by atoms with Crippen LogP contribution < -0.4 is 15.0 Å². The molecule has 1 aromatic heterocycles. The van der Waals surface area contributed by atoms with Crippen LogP contribution in [0.4, 0.5) is 0 Å². The number of hydrogen-bond acceptors (Lipinski definition) is 5. The normalized spacial score (nSPS) is 10.1. The van der Waals surface area contributed by atoms with Crippen molar-refractivity contribution in [1.29, 1.82) is 0 Å². The van der Waals surface area contributed by atoms with Crippen LogP contribution >= 0.6 is 0 Å². The Balaban J connectivity index is 2.38. The largest absolute Gasteiger partial charge is 0.487 e. The molecule has 2 rings (SSSR count). The molecule has 0 amide bonds. The van der Waals surface area contributed by atoms with Crippen molar-refractivity contribution >= 4 is 5.97 Å². The maximum atomic E-state index is 11.5. The van der Waals surface area contributed by atoms with Gasteiger partial charge in [0.25, 0.3) is 11.4 Å². The molecule has 0 unspecified atom stereocenters. The number of H-pyrrole nitrogens is 1. The van der Waals surface area contributed by atoms with E-state index in [4.69, 9.17) is 14.6 Å². The lowest BCUT2D eigenvalue weighted by atomic mass is 10.1. The van der Waals surface area contributed by atoms with Gasteiger partial charge < -0.3 is 19.6 Å². The number of hydrogen-bond donors (Lipinski definition) is 2. The van der Waals surface area contributed by atoms with Crippen LogP contribution in [-0.2, 0) is 0 Å². The molecule has 7 heteroatoms. The average molecular weight is 276 g/mol. The summed E-state index contributed by atoms with van der Waals surface area (Å²) in [5.41, 5.74) is 0.298. The number of rotatable bonds is 4. The minimum Gasteiger partial charge on any atom is -0.487 e. The topological polar surface area (TPSA) is 102 Å². The Hall–Kier alpha value is -2.83. The number of carboxylic acids is 1. The number of methoxy groups -OCH3 is 1. The van der Waals surface area contributed by atoms with Gasteiger partial charge in [0.05, 0.1) is 19.0 Å². The number of ether oxygens (including phenoxy) is 2. The van der Waals surface area contributed by atoms with Gasteiger partial charge in [0.1, 0.15) is 5.75 Å². The molecular weight excluding hydrogens is 264 g/mol. The van der Waals surface area contributed by atoms with Crippen LogP contribution in [0.5, 0.6) is 17.4 Å². The maximum Gasteiger partial charge on any atom is 0.335 e. The summed E-state index contributed by atoms with van der Waals surface area (Å²) in [4.78, 5) is 28.6. The van der Waals surface area contributed by atoms with Crippen LogP contribution in [0.1, 0.15) is 15.9 Å². The molecular formula is C13H12N2O5. The zero-order valence-electron chi connectivity index (χ0n) is 10.8. The second-order valence-electron chi connectivity index (χ2n) is 3.96. The van der Waals surface area contributed by atoms with Gasteiger partial charge in [-0.2, -0.15) is 0 Å². The SMILES string of the molecule is COc1c(Oc2ccc(C(=O)O)cc2C)nc[nH]c1=O. The highest BCUT2D eigenvalue weighted by atomic mass is 16.5. The van der Waals surface area contributed by atoms with Crippen molar-refractivity contribution in [3.05, 3.63) is 46.0 Å². The van der Waals surface area contributed by atoms with Crippen molar-refractivity contribution in [3.63, 3.8) is 0 Å². The van der Waals surface area contributed by atoms with E-state index in [9.17, 15) is 9.59 Å². The van der Waals surface area contributed by atoms with Crippen LogP contribution in [-0.4, -0.2) is 28.2 Å². The monoisotopic (exact) mass is 276 g/mol. The molecule has 0 fully saturated rings. The van der Waals surface area contributed by atoms with Gasteiger partial charge in [-0.1, -0.05) is 0 Å². The predicted molar refractivity (Wildman–Crippen MR) is 69.6 cm³/mol. The number of aromatic carboxylic acids is 1. The van der Waals surface area contributed by atoms with Crippen molar-refractivity contribution in [2.24, 2.45) is 0 Å². The summed E-state index contributed by atoms with van der Waals surface area (Å²) in [6.45, 7) is 1.70. The van der Waals surface area contributed by atoms with E-state index in [2.05, 4.69) is 9.97 Å². The fourth-order valence-corrected chi connectivity index (χ4v) is 1.62. The van der Waals surface area contributed by atoms with Crippen LogP contribution in [0.15, 0.2) is 29.3 Å². The summed E-state index contributed by atoms with van der Waals surface area (Å²) < 4.78 is 10.4. The number of benzene rings is 1. The number of aromatic amines is 1. The minimum atomic E-state index is -1.02. The molecule has 2 aromatic rings. The summed E-state index contributed by atoms with van der Waals surface area (Å²) in [5.74, 6) is -0.658. The summed E-state index contributed by atoms with van der Waals surface area (Å²) in [6.07, 6.45) is 1.20.